The van der Waals surface area contributed by atoms with Gasteiger partial charge >= 0.3 is 0 Å². The fourth-order valence-corrected chi connectivity index (χ4v) is 5.13. The van der Waals surface area contributed by atoms with Crippen molar-refractivity contribution >= 4 is 17.5 Å². The number of aromatic nitrogens is 4. The Bertz CT molecular complexity index is 1510. The monoisotopic (exact) mass is 493 g/mol. The van der Waals surface area contributed by atoms with Crippen molar-refractivity contribution in [2.45, 2.75) is 38.6 Å². The SMILES string of the molecule is Cc1n[nH]c(C)c1-c1ccc(NC(=O)[C@@H](NC(=O)c2ccnn2C)[C@H]2CCc3ccc(C#N)cc32)cc1. The first kappa shape index (κ1) is 24.0. The molecule has 2 amide bonds. The number of rotatable bonds is 6. The summed E-state index contributed by atoms with van der Waals surface area (Å²) in [5.74, 6) is -0.971. The molecule has 0 radical (unpaired) electrons. The zero-order chi connectivity index (χ0) is 26.1. The smallest absolute Gasteiger partial charge is 0.270 e. The molecule has 0 aliphatic heterocycles. The number of anilines is 1. The number of aryl methyl sites for hydroxylation is 4. The third-order valence-corrected chi connectivity index (χ3v) is 6.99. The van der Waals surface area contributed by atoms with Crippen molar-refractivity contribution in [3.05, 3.63) is 88.5 Å². The van der Waals surface area contributed by atoms with Crippen LogP contribution in [0.5, 0.6) is 0 Å². The minimum atomic E-state index is -0.837. The van der Waals surface area contributed by atoms with E-state index in [0.29, 0.717) is 23.4 Å². The summed E-state index contributed by atoms with van der Waals surface area (Å²) in [6.07, 6.45) is 3.00. The Balaban J connectivity index is 1.43. The van der Waals surface area contributed by atoms with Crippen molar-refractivity contribution in [1.29, 1.82) is 5.26 Å². The fourth-order valence-electron chi connectivity index (χ4n) is 5.13. The predicted molar refractivity (Wildman–Crippen MR) is 139 cm³/mol. The predicted octanol–water partition coefficient (Wildman–Crippen LogP) is 3.77. The summed E-state index contributed by atoms with van der Waals surface area (Å²) in [6, 6.07) is 16.1. The van der Waals surface area contributed by atoms with Crippen LogP contribution in [0.4, 0.5) is 5.69 Å². The molecular weight excluding hydrogens is 466 g/mol. The summed E-state index contributed by atoms with van der Waals surface area (Å²) < 4.78 is 1.47. The number of aromatic amines is 1. The summed E-state index contributed by atoms with van der Waals surface area (Å²) in [4.78, 5) is 26.8. The summed E-state index contributed by atoms with van der Waals surface area (Å²) >= 11 is 0. The molecule has 2 atom stereocenters. The highest BCUT2D eigenvalue weighted by atomic mass is 16.2. The van der Waals surface area contributed by atoms with Gasteiger partial charge in [-0.2, -0.15) is 15.5 Å². The molecule has 0 fully saturated rings. The molecule has 0 saturated carbocycles. The minimum Gasteiger partial charge on any atom is -0.338 e. The van der Waals surface area contributed by atoms with Crippen LogP contribution in [0.15, 0.2) is 54.7 Å². The van der Waals surface area contributed by atoms with Gasteiger partial charge < -0.3 is 10.6 Å². The van der Waals surface area contributed by atoms with E-state index in [1.54, 1.807) is 25.4 Å². The van der Waals surface area contributed by atoms with E-state index < -0.39 is 6.04 Å². The molecule has 1 aliphatic rings. The molecule has 0 spiro atoms. The molecule has 37 heavy (non-hydrogen) atoms. The Morgan fingerprint density at radius 2 is 1.95 bits per heavy atom. The first-order chi connectivity index (χ1) is 17.9. The number of nitrogens with zero attached hydrogens (tertiary/aromatic N) is 4. The van der Waals surface area contributed by atoms with E-state index in [9.17, 15) is 14.9 Å². The van der Waals surface area contributed by atoms with Crippen molar-refractivity contribution in [1.82, 2.24) is 25.3 Å². The number of benzene rings is 2. The van der Waals surface area contributed by atoms with E-state index in [0.717, 1.165) is 40.1 Å². The molecule has 2 aromatic carbocycles. The topological polar surface area (TPSA) is 128 Å². The molecule has 2 heterocycles. The van der Waals surface area contributed by atoms with Crippen LogP contribution in [0.3, 0.4) is 0 Å². The Hall–Kier alpha value is -4.71. The highest BCUT2D eigenvalue weighted by molar-refractivity contribution is 6.01. The molecule has 1 aliphatic carbocycles. The van der Waals surface area contributed by atoms with Gasteiger partial charge in [-0.05, 0) is 73.7 Å². The summed E-state index contributed by atoms with van der Waals surface area (Å²) in [7, 11) is 1.68. The standard InChI is InChI=1S/C28H27N7O2/c1-16-25(17(2)34-33-16)20-6-9-21(10-7-20)31-28(37)26(32-27(36)24-12-13-30-35(24)3)22-11-8-19-5-4-18(15-29)14-23(19)22/h4-7,9-10,12-14,22,26H,8,11H2,1-3H3,(H,31,37)(H,32,36)(H,33,34)/t22-,26-/m0/s1. The van der Waals surface area contributed by atoms with Crippen molar-refractivity contribution in [2.75, 3.05) is 5.32 Å². The van der Waals surface area contributed by atoms with Gasteiger partial charge in [-0.25, -0.2) is 0 Å². The van der Waals surface area contributed by atoms with E-state index in [1.165, 1.54) is 4.68 Å². The number of nitrogens with one attached hydrogen (secondary N) is 3. The van der Waals surface area contributed by atoms with Gasteiger partial charge in [0.15, 0.2) is 0 Å². The van der Waals surface area contributed by atoms with Crippen molar-refractivity contribution in [3.63, 3.8) is 0 Å². The van der Waals surface area contributed by atoms with E-state index >= 15 is 0 Å². The molecule has 186 valence electrons. The number of H-pyrrole nitrogens is 1. The molecule has 5 rings (SSSR count). The second kappa shape index (κ2) is 9.74. The summed E-state index contributed by atoms with van der Waals surface area (Å²) in [5, 5.41) is 26.6. The van der Waals surface area contributed by atoms with Crippen LogP contribution in [-0.2, 0) is 18.3 Å². The molecule has 4 aromatic rings. The molecule has 0 unspecified atom stereocenters. The van der Waals surface area contributed by atoms with Crippen LogP contribution in [0, 0.1) is 25.2 Å². The van der Waals surface area contributed by atoms with Crippen molar-refractivity contribution in [3.8, 4) is 17.2 Å². The first-order valence-corrected chi connectivity index (χ1v) is 12.1. The largest absolute Gasteiger partial charge is 0.338 e. The third kappa shape index (κ3) is 4.61. The fraction of sp³-hybridized carbons (Fsp3) is 0.250. The normalized spacial score (nSPS) is 15.0. The molecule has 0 saturated heterocycles. The Morgan fingerprint density at radius 1 is 1.16 bits per heavy atom. The molecule has 2 aromatic heterocycles. The molecule has 9 heteroatoms. The molecule has 0 bridgehead atoms. The lowest BCUT2D eigenvalue weighted by Gasteiger charge is -2.25. The summed E-state index contributed by atoms with van der Waals surface area (Å²) in [5.41, 5.74) is 7.44. The first-order valence-electron chi connectivity index (χ1n) is 12.1. The van der Waals surface area contributed by atoms with Gasteiger partial charge in [-0.1, -0.05) is 18.2 Å². The molecular formula is C28H27N7O2. The number of nitriles is 1. The van der Waals surface area contributed by atoms with Gasteiger partial charge in [0.1, 0.15) is 11.7 Å². The maximum atomic E-state index is 13.6. The van der Waals surface area contributed by atoms with E-state index in [-0.39, 0.29) is 17.7 Å². The van der Waals surface area contributed by atoms with Gasteiger partial charge in [0.05, 0.1) is 17.3 Å². The van der Waals surface area contributed by atoms with Crippen LogP contribution >= 0.6 is 0 Å². The van der Waals surface area contributed by atoms with E-state index in [2.05, 4.69) is 32.0 Å². The second-order valence-electron chi connectivity index (χ2n) is 9.34. The zero-order valence-corrected chi connectivity index (χ0v) is 20.9. The van der Waals surface area contributed by atoms with Crippen molar-refractivity contribution < 1.29 is 9.59 Å². The van der Waals surface area contributed by atoms with Crippen molar-refractivity contribution in [2.24, 2.45) is 7.05 Å². The highest BCUT2D eigenvalue weighted by Crippen LogP contribution is 2.37. The van der Waals surface area contributed by atoms with E-state index in [1.807, 2.05) is 50.2 Å². The van der Waals surface area contributed by atoms with Gasteiger partial charge in [-0.3, -0.25) is 19.4 Å². The maximum absolute atomic E-state index is 13.6. The minimum absolute atomic E-state index is 0.268. The Morgan fingerprint density at radius 3 is 2.59 bits per heavy atom. The Labute approximate surface area is 214 Å². The van der Waals surface area contributed by atoms with Gasteiger partial charge in [-0.15, -0.1) is 0 Å². The van der Waals surface area contributed by atoms with Gasteiger partial charge in [0, 0.05) is 36.1 Å². The highest BCUT2D eigenvalue weighted by Gasteiger charge is 2.36. The average Bonchev–Trinajstić information content (AvgIpc) is 3.61. The van der Waals surface area contributed by atoms with Gasteiger partial charge in [0.25, 0.3) is 5.91 Å². The number of hydrogen-bond donors (Lipinski definition) is 3. The van der Waals surface area contributed by atoms with Crippen LogP contribution in [0.2, 0.25) is 0 Å². The number of carbonyl (C=O) groups is 2. The lowest BCUT2D eigenvalue weighted by molar-refractivity contribution is -0.118. The lowest BCUT2D eigenvalue weighted by Crippen LogP contribution is -2.47. The lowest BCUT2D eigenvalue weighted by atomic mass is 9.91. The van der Waals surface area contributed by atoms with Gasteiger partial charge in [0.2, 0.25) is 5.91 Å². The van der Waals surface area contributed by atoms with E-state index in [4.69, 9.17) is 0 Å². The Kier molecular flexibility index (Phi) is 6.32. The molecule has 9 nitrogen and oxygen atoms in total. The quantitative estimate of drug-likeness (QED) is 0.377. The number of hydrogen-bond acceptors (Lipinski definition) is 5. The van der Waals surface area contributed by atoms with Crippen LogP contribution in [-0.4, -0.2) is 37.8 Å². The number of carbonyl (C=O) groups excluding carboxylic acids is 2. The number of fused-ring (bicyclic) bond motifs is 1. The maximum Gasteiger partial charge on any atom is 0.270 e. The second-order valence-corrected chi connectivity index (χ2v) is 9.34. The number of amides is 2. The molecule has 3 N–H and O–H groups in total. The van der Waals surface area contributed by atoms with Crippen LogP contribution in [0.25, 0.3) is 11.1 Å². The summed E-state index contributed by atoms with van der Waals surface area (Å²) in [6.45, 7) is 3.92. The van der Waals surface area contributed by atoms with Crippen LogP contribution < -0.4 is 10.6 Å². The van der Waals surface area contributed by atoms with Crippen LogP contribution in [0.1, 0.15) is 50.9 Å². The average molecular weight is 494 g/mol. The third-order valence-electron chi connectivity index (χ3n) is 6.99. The zero-order valence-electron chi connectivity index (χ0n) is 20.9.